The maximum absolute atomic E-state index is 10.9. The molecule has 5 heteroatoms. The van der Waals surface area contributed by atoms with Crippen LogP contribution in [-0.2, 0) is 4.79 Å². The van der Waals surface area contributed by atoms with E-state index >= 15 is 0 Å². The minimum Gasteiger partial charge on any atom is -0.505 e. The van der Waals surface area contributed by atoms with Crippen molar-refractivity contribution in [1.29, 1.82) is 0 Å². The predicted octanol–water partition coefficient (Wildman–Crippen LogP) is 0.0389. The molecule has 0 aliphatic heterocycles. The summed E-state index contributed by atoms with van der Waals surface area (Å²) < 4.78 is 0. The Balaban J connectivity index is 3.13. The van der Waals surface area contributed by atoms with Crippen LogP contribution in [-0.4, -0.2) is 16.0 Å². The van der Waals surface area contributed by atoms with E-state index in [1.54, 1.807) is 0 Å². The van der Waals surface area contributed by atoms with Crippen LogP contribution in [0.4, 0.5) is 5.69 Å². The van der Waals surface area contributed by atoms with E-state index in [0.29, 0.717) is 0 Å². The normalized spacial score (nSPS) is 9.42. The number of pyridine rings is 1. The van der Waals surface area contributed by atoms with Crippen LogP contribution in [0.1, 0.15) is 6.92 Å². The third kappa shape index (κ3) is 1.63. The van der Waals surface area contributed by atoms with Crippen molar-refractivity contribution >= 4 is 11.6 Å². The van der Waals surface area contributed by atoms with E-state index in [4.69, 9.17) is 5.11 Å². The summed E-state index contributed by atoms with van der Waals surface area (Å²) in [7, 11) is 0. The fourth-order valence-electron chi connectivity index (χ4n) is 0.765. The number of carbonyl (C=O) groups excluding carboxylic acids is 1. The molecule has 0 aliphatic carbocycles. The van der Waals surface area contributed by atoms with Gasteiger partial charge < -0.3 is 15.4 Å². The number of aromatic nitrogens is 1. The molecule has 0 saturated heterocycles. The topological polar surface area (TPSA) is 82.2 Å². The number of anilines is 1. The van der Waals surface area contributed by atoms with Gasteiger partial charge in [0.25, 0.3) is 5.56 Å². The molecule has 0 fully saturated rings. The lowest BCUT2D eigenvalue weighted by Crippen LogP contribution is -2.16. The molecule has 0 saturated carbocycles. The molecule has 0 aliphatic rings. The van der Waals surface area contributed by atoms with Crippen LogP contribution in [0, 0.1) is 0 Å². The second-order valence-electron chi connectivity index (χ2n) is 2.25. The first-order valence-electron chi connectivity index (χ1n) is 3.29. The molecule has 12 heavy (non-hydrogen) atoms. The molecule has 0 radical (unpaired) electrons. The van der Waals surface area contributed by atoms with Gasteiger partial charge in [0.1, 0.15) is 11.4 Å². The van der Waals surface area contributed by atoms with Crippen molar-refractivity contribution < 1.29 is 9.90 Å². The van der Waals surface area contributed by atoms with E-state index in [-0.39, 0.29) is 11.4 Å². The number of aromatic hydroxyl groups is 1. The van der Waals surface area contributed by atoms with Crippen molar-refractivity contribution in [3.05, 3.63) is 22.6 Å². The van der Waals surface area contributed by atoms with Crippen LogP contribution in [0.5, 0.6) is 5.75 Å². The summed E-state index contributed by atoms with van der Waals surface area (Å²) in [6.45, 7) is 1.26. The van der Waals surface area contributed by atoms with E-state index in [0.717, 1.165) is 0 Å². The Hall–Kier alpha value is -1.78. The van der Waals surface area contributed by atoms with Gasteiger partial charge in [-0.15, -0.1) is 0 Å². The highest BCUT2D eigenvalue weighted by atomic mass is 16.3. The quantitative estimate of drug-likeness (QED) is 0.553. The van der Waals surface area contributed by atoms with Crippen LogP contribution < -0.4 is 10.9 Å². The Bertz CT molecular complexity index is 356. The largest absolute Gasteiger partial charge is 0.505 e. The van der Waals surface area contributed by atoms with Crippen LogP contribution in [0.25, 0.3) is 0 Å². The number of H-pyrrole nitrogens is 1. The summed E-state index contributed by atoms with van der Waals surface area (Å²) in [5.74, 6) is -0.643. The van der Waals surface area contributed by atoms with Gasteiger partial charge in [0.05, 0.1) is 0 Å². The van der Waals surface area contributed by atoms with Gasteiger partial charge in [0.15, 0.2) is 0 Å². The van der Waals surface area contributed by atoms with Gasteiger partial charge in [0.2, 0.25) is 5.91 Å². The third-order valence-corrected chi connectivity index (χ3v) is 1.24. The molecule has 0 unspecified atom stereocenters. The zero-order valence-corrected chi connectivity index (χ0v) is 6.42. The van der Waals surface area contributed by atoms with Gasteiger partial charge in [-0.05, 0) is 6.07 Å². The van der Waals surface area contributed by atoms with Crippen molar-refractivity contribution in [3.63, 3.8) is 0 Å². The molecule has 5 nitrogen and oxygen atoms in total. The molecule has 3 N–H and O–H groups in total. The first-order chi connectivity index (χ1) is 5.61. The number of hydrogen-bond acceptors (Lipinski definition) is 3. The molecule has 0 aromatic carbocycles. The number of rotatable bonds is 1. The average molecular weight is 168 g/mol. The Morgan fingerprint density at radius 3 is 2.83 bits per heavy atom. The van der Waals surface area contributed by atoms with Crippen LogP contribution >= 0.6 is 0 Å². The summed E-state index contributed by atoms with van der Waals surface area (Å²) in [5.41, 5.74) is -0.643. The van der Waals surface area contributed by atoms with E-state index in [1.165, 1.54) is 19.2 Å². The third-order valence-electron chi connectivity index (χ3n) is 1.24. The molecule has 1 amide bonds. The Labute approximate surface area is 68.0 Å². The number of carbonyl (C=O) groups is 1. The highest BCUT2D eigenvalue weighted by molar-refractivity contribution is 5.89. The second-order valence-corrected chi connectivity index (χ2v) is 2.25. The van der Waals surface area contributed by atoms with Crippen LogP contribution in [0.3, 0.4) is 0 Å². The Morgan fingerprint density at radius 1 is 1.67 bits per heavy atom. The fraction of sp³-hybridized carbons (Fsp3) is 0.143. The summed E-state index contributed by atoms with van der Waals surface area (Å²) in [6, 6.07) is 1.28. The summed E-state index contributed by atoms with van der Waals surface area (Å²) >= 11 is 0. The van der Waals surface area contributed by atoms with E-state index in [2.05, 4.69) is 10.3 Å². The lowest BCUT2D eigenvalue weighted by molar-refractivity contribution is -0.114. The van der Waals surface area contributed by atoms with E-state index < -0.39 is 11.5 Å². The molecule has 1 heterocycles. The monoisotopic (exact) mass is 168 g/mol. The number of hydrogen-bond donors (Lipinski definition) is 3. The van der Waals surface area contributed by atoms with Crippen molar-refractivity contribution in [2.75, 3.05) is 5.32 Å². The zero-order valence-electron chi connectivity index (χ0n) is 6.42. The minimum absolute atomic E-state index is 0.120. The smallest absolute Gasteiger partial charge is 0.275 e. The fourth-order valence-corrected chi connectivity index (χ4v) is 0.765. The summed E-state index contributed by atoms with van der Waals surface area (Å²) in [4.78, 5) is 23.8. The molecule has 1 rings (SSSR count). The van der Waals surface area contributed by atoms with E-state index in [1.807, 2.05) is 0 Å². The Kier molecular flexibility index (Phi) is 2.14. The molecular formula is C7H8N2O3. The number of aromatic amines is 1. The van der Waals surface area contributed by atoms with Crippen molar-refractivity contribution in [1.82, 2.24) is 4.98 Å². The summed E-state index contributed by atoms with van der Waals surface area (Å²) in [5, 5.41) is 11.3. The van der Waals surface area contributed by atoms with Gasteiger partial charge >= 0.3 is 0 Å². The molecule has 1 aromatic rings. The first-order valence-corrected chi connectivity index (χ1v) is 3.29. The van der Waals surface area contributed by atoms with Crippen molar-refractivity contribution in [2.24, 2.45) is 0 Å². The second kappa shape index (κ2) is 3.08. The molecular weight excluding hydrogens is 160 g/mol. The van der Waals surface area contributed by atoms with Crippen molar-refractivity contribution in [2.45, 2.75) is 6.92 Å². The van der Waals surface area contributed by atoms with Crippen molar-refractivity contribution in [3.8, 4) is 5.75 Å². The molecule has 0 bridgehead atoms. The standard InChI is InChI=1S/C7H8N2O3/c1-4(10)9-6-5(11)2-3-8-7(6)12/h2-3H,1H3,(H,9,10)(H2,8,11,12). The maximum atomic E-state index is 10.9. The molecule has 1 aromatic heterocycles. The average Bonchev–Trinajstić information content (AvgIpc) is 1.97. The lowest BCUT2D eigenvalue weighted by atomic mass is 10.4. The maximum Gasteiger partial charge on any atom is 0.275 e. The molecule has 0 spiro atoms. The minimum atomic E-state index is -0.523. The van der Waals surface area contributed by atoms with E-state index in [9.17, 15) is 9.59 Å². The highest BCUT2D eigenvalue weighted by Crippen LogP contribution is 2.15. The van der Waals surface area contributed by atoms with Crippen LogP contribution in [0.15, 0.2) is 17.1 Å². The highest BCUT2D eigenvalue weighted by Gasteiger charge is 2.05. The predicted molar refractivity (Wildman–Crippen MR) is 43.0 cm³/mol. The van der Waals surface area contributed by atoms with Gasteiger partial charge in [0, 0.05) is 13.1 Å². The van der Waals surface area contributed by atoms with Gasteiger partial charge in [-0.1, -0.05) is 0 Å². The zero-order chi connectivity index (χ0) is 9.14. The summed E-state index contributed by atoms with van der Waals surface area (Å²) in [6.07, 6.45) is 1.29. The molecule has 0 atom stereocenters. The number of nitrogens with one attached hydrogen (secondary N) is 2. The lowest BCUT2D eigenvalue weighted by Gasteiger charge is -2.01. The first kappa shape index (κ1) is 8.32. The SMILES string of the molecule is CC(=O)Nc1c(O)cc[nH]c1=O. The van der Waals surface area contributed by atoms with Gasteiger partial charge in [-0.25, -0.2) is 0 Å². The number of amides is 1. The Morgan fingerprint density at radius 2 is 2.33 bits per heavy atom. The van der Waals surface area contributed by atoms with Gasteiger partial charge in [-0.2, -0.15) is 0 Å². The van der Waals surface area contributed by atoms with Crippen LogP contribution in [0.2, 0.25) is 0 Å². The van der Waals surface area contributed by atoms with Gasteiger partial charge in [-0.3, -0.25) is 9.59 Å². The molecule has 64 valence electrons.